The Balaban J connectivity index is 0.00000361. The summed E-state index contributed by atoms with van der Waals surface area (Å²) in [6.45, 7) is 2.40. The Morgan fingerprint density at radius 2 is 1.95 bits per heavy atom. The fraction of sp³-hybridized carbons (Fsp3) is 0.500. The molecule has 0 amide bonds. The van der Waals surface area contributed by atoms with Gasteiger partial charge < -0.3 is 15.4 Å². The number of thioether (sulfide) groups is 1. The molecule has 0 radical (unpaired) electrons. The van der Waals surface area contributed by atoms with Crippen LogP contribution in [0.1, 0.15) is 12.0 Å². The molecule has 0 atom stereocenters. The van der Waals surface area contributed by atoms with Gasteiger partial charge in [-0.05, 0) is 30.4 Å². The van der Waals surface area contributed by atoms with Crippen LogP contribution in [-0.4, -0.2) is 39.5 Å². The summed E-state index contributed by atoms with van der Waals surface area (Å²) in [5.74, 6) is 0.824. The molecule has 2 N–H and O–H groups in total. The normalized spacial score (nSPS) is 10.8. The maximum absolute atomic E-state index is 5.01. The second kappa shape index (κ2) is 12.3. The van der Waals surface area contributed by atoms with Crippen LogP contribution in [0.2, 0.25) is 0 Å². The van der Waals surface area contributed by atoms with Gasteiger partial charge in [0.2, 0.25) is 0 Å². The number of hydrogen-bond acceptors (Lipinski definition) is 3. The van der Waals surface area contributed by atoms with Crippen molar-refractivity contribution >= 4 is 41.7 Å². The predicted octanol–water partition coefficient (Wildman–Crippen LogP) is 2.73. The van der Waals surface area contributed by atoms with E-state index in [1.165, 1.54) is 10.5 Å². The Morgan fingerprint density at radius 1 is 1.25 bits per heavy atom. The van der Waals surface area contributed by atoms with Gasteiger partial charge in [0.25, 0.3) is 0 Å². The molecule has 0 aliphatic heterocycles. The average molecular weight is 409 g/mol. The molecule has 6 heteroatoms. The second-order valence-electron chi connectivity index (χ2n) is 4.05. The Kier molecular flexibility index (Phi) is 12.0. The first kappa shape index (κ1) is 19.5. The third-order valence-corrected chi connectivity index (χ3v) is 3.40. The molecule has 1 rings (SSSR count). The van der Waals surface area contributed by atoms with Gasteiger partial charge in [-0.15, -0.1) is 35.7 Å². The zero-order valence-corrected chi connectivity index (χ0v) is 15.5. The van der Waals surface area contributed by atoms with Crippen molar-refractivity contribution in [1.82, 2.24) is 10.6 Å². The van der Waals surface area contributed by atoms with E-state index in [4.69, 9.17) is 4.74 Å². The Bertz CT molecular complexity index is 385. The van der Waals surface area contributed by atoms with Crippen LogP contribution in [0.4, 0.5) is 0 Å². The summed E-state index contributed by atoms with van der Waals surface area (Å²) in [5, 5.41) is 6.54. The maximum atomic E-state index is 5.01. The topological polar surface area (TPSA) is 45.7 Å². The lowest BCUT2D eigenvalue weighted by Crippen LogP contribution is -2.37. The minimum Gasteiger partial charge on any atom is -0.385 e. The van der Waals surface area contributed by atoms with Crippen molar-refractivity contribution in [3.63, 3.8) is 0 Å². The van der Waals surface area contributed by atoms with E-state index in [-0.39, 0.29) is 24.0 Å². The number of nitrogens with one attached hydrogen (secondary N) is 2. The van der Waals surface area contributed by atoms with E-state index in [1.807, 2.05) is 0 Å². The van der Waals surface area contributed by atoms with E-state index in [9.17, 15) is 0 Å². The Labute approximate surface area is 143 Å². The largest absolute Gasteiger partial charge is 0.385 e. The van der Waals surface area contributed by atoms with E-state index < -0.39 is 0 Å². The molecule has 0 bridgehead atoms. The van der Waals surface area contributed by atoms with Crippen LogP contribution in [0.15, 0.2) is 34.2 Å². The lowest BCUT2D eigenvalue weighted by molar-refractivity contribution is 0.195. The zero-order chi connectivity index (χ0) is 13.9. The van der Waals surface area contributed by atoms with E-state index in [0.717, 1.165) is 32.1 Å². The number of hydrogen-bond donors (Lipinski definition) is 2. The Morgan fingerprint density at radius 3 is 2.50 bits per heavy atom. The second-order valence-corrected chi connectivity index (χ2v) is 4.93. The van der Waals surface area contributed by atoms with E-state index in [2.05, 4.69) is 46.1 Å². The van der Waals surface area contributed by atoms with Crippen molar-refractivity contribution < 1.29 is 4.74 Å². The number of methoxy groups -OCH3 is 1. The lowest BCUT2D eigenvalue weighted by atomic mass is 10.2. The van der Waals surface area contributed by atoms with Crippen LogP contribution < -0.4 is 10.6 Å². The van der Waals surface area contributed by atoms with E-state index in [0.29, 0.717) is 0 Å². The molecule has 0 aromatic heterocycles. The SMILES string of the molecule is CN=C(NCCCOC)NCc1ccc(SC)cc1.I. The highest BCUT2D eigenvalue weighted by molar-refractivity contribution is 14.0. The minimum atomic E-state index is 0. The van der Waals surface area contributed by atoms with Crippen LogP contribution in [0.25, 0.3) is 0 Å². The summed E-state index contributed by atoms with van der Waals surface area (Å²) >= 11 is 1.75. The predicted molar refractivity (Wildman–Crippen MR) is 98.3 cm³/mol. The first-order chi connectivity index (χ1) is 9.30. The third-order valence-electron chi connectivity index (χ3n) is 2.66. The molecule has 0 aliphatic rings. The minimum absolute atomic E-state index is 0. The summed E-state index contributed by atoms with van der Waals surface area (Å²) in [5.41, 5.74) is 1.25. The van der Waals surface area contributed by atoms with Gasteiger partial charge in [-0.2, -0.15) is 0 Å². The summed E-state index contributed by atoms with van der Waals surface area (Å²) in [6.07, 6.45) is 3.05. The molecule has 20 heavy (non-hydrogen) atoms. The Hall–Kier alpha value is -0.470. The first-order valence-electron chi connectivity index (χ1n) is 6.36. The number of guanidine groups is 1. The highest BCUT2D eigenvalue weighted by atomic mass is 127. The zero-order valence-electron chi connectivity index (χ0n) is 12.3. The summed E-state index contributed by atoms with van der Waals surface area (Å²) < 4.78 is 5.01. The molecule has 0 aliphatic carbocycles. The van der Waals surface area contributed by atoms with Gasteiger partial charge >= 0.3 is 0 Å². The molecule has 114 valence electrons. The molecule has 4 nitrogen and oxygen atoms in total. The monoisotopic (exact) mass is 409 g/mol. The van der Waals surface area contributed by atoms with Crippen molar-refractivity contribution in [2.24, 2.45) is 4.99 Å². The maximum Gasteiger partial charge on any atom is 0.191 e. The summed E-state index contributed by atoms with van der Waals surface area (Å²) in [7, 11) is 3.49. The van der Waals surface area contributed by atoms with Crippen LogP contribution in [0.3, 0.4) is 0 Å². The van der Waals surface area contributed by atoms with Crippen LogP contribution >= 0.6 is 35.7 Å². The molecule has 0 saturated carbocycles. The average Bonchev–Trinajstić information content (AvgIpc) is 2.47. The molecule has 1 aromatic carbocycles. The number of benzene rings is 1. The number of rotatable bonds is 7. The van der Waals surface area contributed by atoms with Gasteiger partial charge in [0.1, 0.15) is 0 Å². The van der Waals surface area contributed by atoms with E-state index in [1.54, 1.807) is 25.9 Å². The molecule has 0 spiro atoms. The van der Waals surface area contributed by atoms with Crippen molar-refractivity contribution in [2.45, 2.75) is 17.9 Å². The fourth-order valence-corrected chi connectivity index (χ4v) is 1.98. The highest BCUT2D eigenvalue weighted by Gasteiger charge is 1.98. The number of ether oxygens (including phenoxy) is 1. The molecule has 0 heterocycles. The van der Waals surface area contributed by atoms with Gasteiger partial charge in [-0.3, -0.25) is 4.99 Å². The fourth-order valence-electron chi connectivity index (χ4n) is 1.57. The van der Waals surface area contributed by atoms with Crippen molar-refractivity contribution in [3.05, 3.63) is 29.8 Å². The highest BCUT2D eigenvalue weighted by Crippen LogP contribution is 2.14. The third kappa shape index (κ3) is 7.96. The number of nitrogens with zero attached hydrogens (tertiary/aromatic N) is 1. The molecular formula is C14H24IN3OS. The number of halogens is 1. The summed E-state index contributed by atoms with van der Waals surface area (Å²) in [6, 6.07) is 8.54. The molecule has 1 aromatic rings. The van der Waals surface area contributed by atoms with Crippen LogP contribution in [0, 0.1) is 0 Å². The molecular weight excluding hydrogens is 385 g/mol. The number of aliphatic imine (C=N–C) groups is 1. The van der Waals surface area contributed by atoms with Gasteiger partial charge in [0, 0.05) is 38.7 Å². The lowest BCUT2D eigenvalue weighted by Gasteiger charge is -2.11. The van der Waals surface area contributed by atoms with Crippen LogP contribution in [-0.2, 0) is 11.3 Å². The van der Waals surface area contributed by atoms with Crippen molar-refractivity contribution in [3.8, 4) is 0 Å². The smallest absolute Gasteiger partial charge is 0.191 e. The van der Waals surface area contributed by atoms with Crippen LogP contribution in [0.5, 0.6) is 0 Å². The summed E-state index contributed by atoms with van der Waals surface area (Å²) in [4.78, 5) is 5.47. The van der Waals surface area contributed by atoms with Crippen molar-refractivity contribution in [2.75, 3.05) is 33.6 Å². The molecule has 0 saturated heterocycles. The first-order valence-corrected chi connectivity index (χ1v) is 7.59. The van der Waals surface area contributed by atoms with Gasteiger partial charge in [0.05, 0.1) is 0 Å². The van der Waals surface area contributed by atoms with Crippen molar-refractivity contribution in [1.29, 1.82) is 0 Å². The standard InChI is InChI=1S/C14H23N3OS.HI/c1-15-14(16-9-4-10-18-2)17-11-12-5-7-13(19-3)8-6-12;/h5-8H,4,9-11H2,1-3H3,(H2,15,16,17);1H. The van der Waals surface area contributed by atoms with E-state index >= 15 is 0 Å². The molecule has 0 unspecified atom stereocenters. The quantitative estimate of drug-likeness (QED) is 0.239. The van der Waals surface area contributed by atoms with Gasteiger partial charge in [-0.1, -0.05) is 12.1 Å². The van der Waals surface area contributed by atoms with Gasteiger partial charge in [-0.25, -0.2) is 0 Å². The van der Waals surface area contributed by atoms with Gasteiger partial charge in [0.15, 0.2) is 5.96 Å². The molecule has 0 fully saturated rings.